The summed E-state index contributed by atoms with van der Waals surface area (Å²) in [5, 5.41) is 12.7. The number of pyridine rings is 1. The van der Waals surface area contributed by atoms with Gasteiger partial charge in [0.2, 0.25) is 5.91 Å². The highest BCUT2D eigenvalue weighted by Gasteiger charge is 2.11. The molecule has 2 aromatic rings. The summed E-state index contributed by atoms with van der Waals surface area (Å²) in [6, 6.07) is 15.5. The minimum Gasteiger partial charge on any atom is -0.351 e. The third-order valence-electron chi connectivity index (χ3n) is 3.27. The van der Waals surface area contributed by atoms with Gasteiger partial charge in [0.05, 0.1) is 11.3 Å². The van der Waals surface area contributed by atoms with Crippen LogP contribution < -0.4 is 5.32 Å². The van der Waals surface area contributed by atoms with E-state index in [9.17, 15) is 4.79 Å². The molecule has 0 aliphatic heterocycles. The molecule has 118 valence electrons. The van der Waals surface area contributed by atoms with Crippen LogP contribution in [-0.2, 0) is 11.3 Å². The average molecular weight is 325 g/mol. The smallest absolute Gasteiger partial charge is 0.230 e. The third kappa shape index (κ3) is 5.11. The number of thioether (sulfide) groups is 1. The highest BCUT2D eigenvalue weighted by atomic mass is 32.2. The molecule has 1 amide bonds. The molecule has 0 aliphatic rings. The predicted octanol–water partition coefficient (Wildman–Crippen LogP) is 3.49. The number of hydrogen-bond donors (Lipinski definition) is 1. The van der Waals surface area contributed by atoms with Crippen LogP contribution in [0.4, 0.5) is 0 Å². The van der Waals surface area contributed by atoms with E-state index in [1.54, 1.807) is 6.07 Å². The van der Waals surface area contributed by atoms with E-state index in [-0.39, 0.29) is 17.6 Å². The molecule has 1 N–H and O–H groups in total. The fourth-order valence-electron chi connectivity index (χ4n) is 1.95. The van der Waals surface area contributed by atoms with E-state index >= 15 is 0 Å². The molecule has 2 rings (SSSR count). The zero-order valence-electron chi connectivity index (χ0n) is 13.2. The number of rotatable bonds is 6. The Morgan fingerprint density at radius 3 is 2.65 bits per heavy atom. The Morgan fingerprint density at radius 2 is 2.00 bits per heavy atom. The van der Waals surface area contributed by atoms with E-state index in [2.05, 4.69) is 30.2 Å². The Balaban J connectivity index is 1.93. The summed E-state index contributed by atoms with van der Waals surface area (Å²) in [7, 11) is 0. The molecule has 0 saturated heterocycles. The van der Waals surface area contributed by atoms with E-state index in [1.807, 2.05) is 36.4 Å². The molecule has 0 saturated carbocycles. The van der Waals surface area contributed by atoms with Gasteiger partial charge in [0.15, 0.2) is 0 Å². The van der Waals surface area contributed by atoms with Crippen LogP contribution in [0.15, 0.2) is 47.5 Å². The van der Waals surface area contributed by atoms with Gasteiger partial charge in [-0.25, -0.2) is 4.98 Å². The van der Waals surface area contributed by atoms with Crippen molar-refractivity contribution in [3.63, 3.8) is 0 Å². The Kier molecular flexibility index (Phi) is 6.19. The predicted molar refractivity (Wildman–Crippen MR) is 92.1 cm³/mol. The summed E-state index contributed by atoms with van der Waals surface area (Å²) >= 11 is 1.30. The molecular formula is C18H19N3OS. The highest BCUT2D eigenvalue weighted by Crippen LogP contribution is 2.23. The number of amides is 1. The van der Waals surface area contributed by atoms with Gasteiger partial charge in [-0.2, -0.15) is 5.26 Å². The Labute approximate surface area is 140 Å². The standard InChI is InChI=1S/C18H19N3OS/c1-13(2)16-9-8-15(10-19)18(21-16)23-12-17(22)20-11-14-6-4-3-5-7-14/h3-9,13H,11-12H2,1-2H3,(H,20,22). The number of carbonyl (C=O) groups is 1. The number of nitrogens with zero attached hydrogens (tertiary/aromatic N) is 2. The van der Waals surface area contributed by atoms with Crippen LogP contribution >= 0.6 is 11.8 Å². The number of aromatic nitrogens is 1. The first kappa shape index (κ1) is 17.0. The molecule has 0 bridgehead atoms. The molecule has 0 unspecified atom stereocenters. The van der Waals surface area contributed by atoms with Crippen LogP contribution in [0.2, 0.25) is 0 Å². The van der Waals surface area contributed by atoms with E-state index in [4.69, 9.17) is 5.26 Å². The van der Waals surface area contributed by atoms with Gasteiger partial charge in [-0.3, -0.25) is 4.79 Å². The number of carbonyl (C=O) groups excluding carboxylic acids is 1. The van der Waals surface area contributed by atoms with Gasteiger partial charge in [0, 0.05) is 12.2 Å². The van der Waals surface area contributed by atoms with Crippen molar-refractivity contribution in [1.82, 2.24) is 10.3 Å². The van der Waals surface area contributed by atoms with Gasteiger partial charge in [0.25, 0.3) is 0 Å². The van der Waals surface area contributed by atoms with Crippen molar-refractivity contribution < 1.29 is 4.79 Å². The van der Waals surface area contributed by atoms with Crippen molar-refractivity contribution in [3.05, 3.63) is 59.3 Å². The normalized spacial score (nSPS) is 10.3. The number of benzene rings is 1. The summed E-state index contributed by atoms with van der Waals surface area (Å²) in [6.07, 6.45) is 0. The quantitative estimate of drug-likeness (QED) is 0.826. The lowest BCUT2D eigenvalue weighted by molar-refractivity contribution is -0.118. The molecule has 0 aliphatic carbocycles. The van der Waals surface area contributed by atoms with E-state index in [0.717, 1.165) is 11.3 Å². The Morgan fingerprint density at radius 1 is 1.26 bits per heavy atom. The summed E-state index contributed by atoms with van der Waals surface area (Å²) in [4.78, 5) is 16.5. The summed E-state index contributed by atoms with van der Waals surface area (Å²) < 4.78 is 0. The highest BCUT2D eigenvalue weighted by molar-refractivity contribution is 8.00. The van der Waals surface area contributed by atoms with E-state index in [0.29, 0.717) is 17.1 Å². The summed E-state index contributed by atoms with van der Waals surface area (Å²) in [5.41, 5.74) is 2.50. The number of nitriles is 1. The molecule has 4 nitrogen and oxygen atoms in total. The van der Waals surface area contributed by atoms with Crippen LogP contribution in [0.25, 0.3) is 0 Å². The lowest BCUT2D eigenvalue weighted by Crippen LogP contribution is -2.24. The van der Waals surface area contributed by atoms with E-state index < -0.39 is 0 Å². The molecule has 5 heteroatoms. The molecule has 0 fully saturated rings. The molecule has 0 atom stereocenters. The number of hydrogen-bond acceptors (Lipinski definition) is 4. The number of nitrogens with one attached hydrogen (secondary N) is 1. The monoisotopic (exact) mass is 325 g/mol. The third-order valence-corrected chi connectivity index (χ3v) is 4.26. The van der Waals surface area contributed by atoms with Crippen LogP contribution in [0.3, 0.4) is 0 Å². The van der Waals surface area contributed by atoms with Crippen LogP contribution in [0, 0.1) is 11.3 Å². The van der Waals surface area contributed by atoms with Crippen LogP contribution in [0.1, 0.15) is 36.6 Å². The van der Waals surface area contributed by atoms with Gasteiger partial charge >= 0.3 is 0 Å². The second-order valence-electron chi connectivity index (χ2n) is 5.41. The largest absolute Gasteiger partial charge is 0.351 e. The zero-order chi connectivity index (χ0) is 16.7. The minimum atomic E-state index is -0.0699. The maximum Gasteiger partial charge on any atom is 0.230 e. The maximum atomic E-state index is 12.0. The SMILES string of the molecule is CC(C)c1ccc(C#N)c(SCC(=O)NCc2ccccc2)n1. The zero-order valence-corrected chi connectivity index (χ0v) is 14.1. The van der Waals surface area contributed by atoms with Crippen molar-refractivity contribution in [2.45, 2.75) is 31.3 Å². The fraction of sp³-hybridized carbons (Fsp3) is 0.278. The first-order valence-corrected chi connectivity index (χ1v) is 8.43. The van der Waals surface area contributed by atoms with Crippen molar-refractivity contribution >= 4 is 17.7 Å². The van der Waals surface area contributed by atoms with Gasteiger partial charge in [-0.1, -0.05) is 55.9 Å². The van der Waals surface area contributed by atoms with Crippen LogP contribution in [-0.4, -0.2) is 16.6 Å². The van der Waals surface area contributed by atoms with Gasteiger partial charge in [-0.15, -0.1) is 0 Å². The molecular weight excluding hydrogens is 306 g/mol. The van der Waals surface area contributed by atoms with Gasteiger partial charge in [0.1, 0.15) is 11.1 Å². The second-order valence-corrected chi connectivity index (χ2v) is 6.37. The lowest BCUT2D eigenvalue weighted by atomic mass is 10.1. The molecule has 0 radical (unpaired) electrons. The molecule has 1 heterocycles. The van der Waals surface area contributed by atoms with Gasteiger partial charge in [-0.05, 0) is 23.6 Å². The Hall–Kier alpha value is -2.32. The molecule has 23 heavy (non-hydrogen) atoms. The molecule has 1 aromatic carbocycles. The van der Waals surface area contributed by atoms with Crippen molar-refractivity contribution in [3.8, 4) is 6.07 Å². The van der Waals surface area contributed by atoms with E-state index in [1.165, 1.54) is 11.8 Å². The first-order valence-electron chi connectivity index (χ1n) is 7.44. The maximum absolute atomic E-state index is 12.0. The lowest BCUT2D eigenvalue weighted by Gasteiger charge is -2.09. The Bertz CT molecular complexity index is 708. The summed E-state index contributed by atoms with van der Waals surface area (Å²) in [6.45, 7) is 4.61. The van der Waals surface area contributed by atoms with Crippen molar-refractivity contribution in [2.24, 2.45) is 0 Å². The summed E-state index contributed by atoms with van der Waals surface area (Å²) in [5.74, 6) is 0.462. The molecule has 1 aromatic heterocycles. The first-order chi connectivity index (χ1) is 11.1. The van der Waals surface area contributed by atoms with Crippen LogP contribution in [0.5, 0.6) is 0 Å². The van der Waals surface area contributed by atoms with Crippen molar-refractivity contribution in [2.75, 3.05) is 5.75 Å². The fourth-order valence-corrected chi connectivity index (χ4v) is 2.76. The minimum absolute atomic E-state index is 0.0699. The average Bonchev–Trinajstić information content (AvgIpc) is 2.58. The second kappa shape index (κ2) is 8.35. The van der Waals surface area contributed by atoms with Gasteiger partial charge < -0.3 is 5.32 Å². The molecule has 0 spiro atoms. The topological polar surface area (TPSA) is 65.8 Å². The van der Waals surface area contributed by atoms with Crippen molar-refractivity contribution in [1.29, 1.82) is 5.26 Å².